The van der Waals surface area contributed by atoms with E-state index < -0.39 is 5.82 Å². The molecular formula is C17H18F2N2. The van der Waals surface area contributed by atoms with E-state index in [1.807, 2.05) is 24.3 Å². The Kier molecular flexibility index (Phi) is 3.88. The van der Waals surface area contributed by atoms with Crippen molar-refractivity contribution in [2.75, 3.05) is 5.73 Å². The minimum atomic E-state index is -0.397. The van der Waals surface area contributed by atoms with Crippen LogP contribution in [0, 0.1) is 11.6 Å². The fraction of sp³-hybridized carbons (Fsp3) is 0.294. The summed E-state index contributed by atoms with van der Waals surface area (Å²) in [6.45, 7) is 1.12. The van der Waals surface area contributed by atoms with Crippen LogP contribution in [0.15, 0.2) is 42.5 Å². The van der Waals surface area contributed by atoms with Crippen LogP contribution in [0.2, 0.25) is 0 Å². The van der Waals surface area contributed by atoms with Crippen LogP contribution in [-0.4, -0.2) is 10.9 Å². The number of rotatable bonds is 5. The van der Waals surface area contributed by atoms with E-state index in [4.69, 9.17) is 5.73 Å². The zero-order valence-corrected chi connectivity index (χ0v) is 11.7. The molecule has 0 atom stereocenters. The molecule has 21 heavy (non-hydrogen) atoms. The first-order valence-electron chi connectivity index (χ1n) is 7.14. The van der Waals surface area contributed by atoms with Crippen molar-refractivity contribution in [3.63, 3.8) is 0 Å². The zero-order valence-electron chi connectivity index (χ0n) is 11.7. The molecule has 0 spiro atoms. The molecule has 1 aliphatic carbocycles. The molecule has 3 rings (SSSR count). The number of hydrogen-bond acceptors (Lipinski definition) is 2. The van der Waals surface area contributed by atoms with E-state index in [0.717, 1.165) is 30.2 Å². The molecule has 4 heteroatoms. The topological polar surface area (TPSA) is 29.3 Å². The molecule has 2 nitrogen and oxygen atoms in total. The van der Waals surface area contributed by atoms with Crippen LogP contribution in [0.3, 0.4) is 0 Å². The molecule has 0 heterocycles. The average molecular weight is 288 g/mol. The molecule has 2 N–H and O–H groups in total. The van der Waals surface area contributed by atoms with Gasteiger partial charge in [-0.25, -0.2) is 8.78 Å². The van der Waals surface area contributed by atoms with Crippen LogP contribution in [0.4, 0.5) is 14.5 Å². The van der Waals surface area contributed by atoms with Crippen molar-refractivity contribution in [1.29, 1.82) is 0 Å². The highest BCUT2D eigenvalue weighted by Gasteiger charge is 2.29. The number of hydrogen-bond donors (Lipinski definition) is 1. The molecule has 2 aromatic carbocycles. The summed E-state index contributed by atoms with van der Waals surface area (Å²) >= 11 is 0. The van der Waals surface area contributed by atoms with Gasteiger partial charge in [-0.15, -0.1) is 0 Å². The third kappa shape index (κ3) is 3.58. The van der Waals surface area contributed by atoms with Gasteiger partial charge in [0.15, 0.2) is 0 Å². The Morgan fingerprint density at radius 3 is 2.57 bits per heavy atom. The second-order valence-electron chi connectivity index (χ2n) is 5.62. The predicted molar refractivity (Wildman–Crippen MR) is 79.5 cm³/mol. The van der Waals surface area contributed by atoms with E-state index in [2.05, 4.69) is 4.90 Å². The summed E-state index contributed by atoms with van der Waals surface area (Å²) in [5.41, 5.74) is 8.02. The van der Waals surface area contributed by atoms with Gasteiger partial charge < -0.3 is 5.73 Å². The van der Waals surface area contributed by atoms with Crippen LogP contribution in [0.1, 0.15) is 24.0 Å². The van der Waals surface area contributed by atoms with Crippen molar-refractivity contribution in [3.05, 3.63) is 65.2 Å². The molecule has 0 bridgehead atoms. The molecule has 0 amide bonds. The largest absolute Gasteiger partial charge is 0.399 e. The maximum atomic E-state index is 13.8. The quantitative estimate of drug-likeness (QED) is 0.850. The first kappa shape index (κ1) is 14.0. The highest BCUT2D eigenvalue weighted by Crippen LogP contribution is 2.30. The molecule has 0 unspecified atom stereocenters. The lowest BCUT2D eigenvalue weighted by Crippen LogP contribution is -2.25. The first-order chi connectivity index (χ1) is 10.1. The lowest BCUT2D eigenvalue weighted by molar-refractivity contribution is 0.242. The molecule has 2 aromatic rings. The summed E-state index contributed by atoms with van der Waals surface area (Å²) in [4.78, 5) is 2.19. The van der Waals surface area contributed by atoms with E-state index in [0.29, 0.717) is 24.7 Å². The number of nitrogens with two attached hydrogens (primary N) is 1. The summed E-state index contributed by atoms with van der Waals surface area (Å²) < 4.78 is 27.1. The molecule has 1 saturated carbocycles. The molecule has 1 fully saturated rings. The van der Waals surface area contributed by atoms with Gasteiger partial charge in [0.2, 0.25) is 0 Å². The van der Waals surface area contributed by atoms with Crippen LogP contribution in [0.5, 0.6) is 0 Å². The van der Waals surface area contributed by atoms with E-state index in [-0.39, 0.29) is 5.82 Å². The van der Waals surface area contributed by atoms with Crippen LogP contribution < -0.4 is 5.73 Å². The van der Waals surface area contributed by atoms with E-state index in [1.54, 1.807) is 0 Å². The molecule has 110 valence electrons. The minimum Gasteiger partial charge on any atom is -0.399 e. The smallest absolute Gasteiger partial charge is 0.127 e. The second-order valence-corrected chi connectivity index (χ2v) is 5.62. The van der Waals surface area contributed by atoms with Crippen molar-refractivity contribution in [2.45, 2.75) is 32.0 Å². The molecule has 1 aliphatic rings. The van der Waals surface area contributed by atoms with Crippen molar-refractivity contribution in [1.82, 2.24) is 4.90 Å². The molecular weight excluding hydrogens is 270 g/mol. The van der Waals surface area contributed by atoms with E-state index in [1.165, 1.54) is 12.1 Å². The van der Waals surface area contributed by atoms with Gasteiger partial charge in [0, 0.05) is 30.4 Å². The Hall–Kier alpha value is -1.94. The van der Waals surface area contributed by atoms with Gasteiger partial charge in [-0.05, 0) is 48.7 Å². The third-order valence-corrected chi connectivity index (χ3v) is 3.78. The van der Waals surface area contributed by atoms with Gasteiger partial charge in [-0.1, -0.05) is 12.1 Å². The van der Waals surface area contributed by atoms with Crippen LogP contribution >= 0.6 is 0 Å². The SMILES string of the molecule is Nc1cccc(CN(Cc2cc(F)ccc2F)C2CC2)c1. The average Bonchev–Trinajstić information content (AvgIpc) is 3.27. The third-order valence-electron chi connectivity index (χ3n) is 3.78. The van der Waals surface area contributed by atoms with Gasteiger partial charge in [0.25, 0.3) is 0 Å². The maximum Gasteiger partial charge on any atom is 0.127 e. The fourth-order valence-electron chi connectivity index (χ4n) is 2.56. The standard InChI is InChI=1S/C17H18F2N2/c18-14-4-7-17(19)13(9-14)11-21(16-5-6-16)10-12-2-1-3-15(20)8-12/h1-4,7-9,16H,5-6,10-11,20H2. The van der Waals surface area contributed by atoms with Gasteiger partial charge in [0.05, 0.1) is 0 Å². The number of anilines is 1. The minimum absolute atomic E-state index is 0.352. The molecule has 0 aliphatic heterocycles. The highest BCUT2D eigenvalue weighted by molar-refractivity contribution is 5.40. The second kappa shape index (κ2) is 5.82. The summed E-state index contributed by atoms with van der Waals surface area (Å²) in [6, 6.07) is 11.8. The van der Waals surface area contributed by atoms with Crippen LogP contribution in [-0.2, 0) is 13.1 Å². The Morgan fingerprint density at radius 2 is 1.86 bits per heavy atom. The summed E-state index contributed by atoms with van der Waals surface area (Å²) in [6.07, 6.45) is 2.22. The lowest BCUT2D eigenvalue weighted by atomic mass is 10.1. The molecule has 0 radical (unpaired) electrons. The zero-order chi connectivity index (χ0) is 14.8. The van der Waals surface area contributed by atoms with E-state index >= 15 is 0 Å². The van der Waals surface area contributed by atoms with Crippen molar-refractivity contribution < 1.29 is 8.78 Å². The number of halogens is 2. The van der Waals surface area contributed by atoms with Gasteiger partial charge >= 0.3 is 0 Å². The van der Waals surface area contributed by atoms with Gasteiger partial charge in [-0.2, -0.15) is 0 Å². The summed E-state index contributed by atoms with van der Waals surface area (Å²) in [5, 5.41) is 0. The monoisotopic (exact) mass is 288 g/mol. The van der Waals surface area contributed by atoms with Gasteiger partial charge in [0.1, 0.15) is 11.6 Å². The Balaban J connectivity index is 1.77. The molecule has 0 aromatic heterocycles. The molecule has 0 saturated heterocycles. The van der Waals surface area contributed by atoms with E-state index in [9.17, 15) is 8.78 Å². The highest BCUT2D eigenvalue weighted by atomic mass is 19.1. The maximum absolute atomic E-state index is 13.8. The lowest BCUT2D eigenvalue weighted by Gasteiger charge is -2.22. The predicted octanol–water partition coefficient (Wildman–Crippen LogP) is 3.71. The van der Waals surface area contributed by atoms with Crippen molar-refractivity contribution >= 4 is 5.69 Å². The fourth-order valence-corrected chi connectivity index (χ4v) is 2.56. The number of nitrogens with zero attached hydrogens (tertiary/aromatic N) is 1. The summed E-state index contributed by atoms with van der Waals surface area (Å²) in [7, 11) is 0. The Labute approximate surface area is 123 Å². The Bertz CT molecular complexity index is 638. The summed E-state index contributed by atoms with van der Waals surface area (Å²) in [5.74, 6) is -0.749. The van der Waals surface area contributed by atoms with Crippen molar-refractivity contribution in [2.24, 2.45) is 0 Å². The van der Waals surface area contributed by atoms with Crippen LogP contribution in [0.25, 0.3) is 0 Å². The van der Waals surface area contributed by atoms with Gasteiger partial charge in [-0.3, -0.25) is 4.90 Å². The first-order valence-corrected chi connectivity index (χ1v) is 7.14. The Morgan fingerprint density at radius 1 is 1.05 bits per heavy atom. The normalized spacial score (nSPS) is 14.6. The number of nitrogen functional groups attached to an aromatic ring is 1. The number of benzene rings is 2. The van der Waals surface area contributed by atoms with Crippen molar-refractivity contribution in [3.8, 4) is 0 Å².